The van der Waals surface area contributed by atoms with Crippen molar-refractivity contribution in [1.82, 2.24) is 5.32 Å². The van der Waals surface area contributed by atoms with E-state index in [1.165, 1.54) is 0 Å². The molecule has 0 amide bonds. The van der Waals surface area contributed by atoms with Crippen LogP contribution in [0.5, 0.6) is 0 Å². The normalized spacial score (nSPS) is 11.3. The maximum absolute atomic E-state index is 8.79. The molecule has 0 heterocycles. The number of hydrogen-bond acceptors (Lipinski definition) is 4. The lowest BCUT2D eigenvalue weighted by Crippen LogP contribution is -2.26. The third-order valence-corrected chi connectivity index (χ3v) is 2.70. The molecule has 0 aromatic heterocycles. The minimum absolute atomic E-state index is 0.186. The highest BCUT2D eigenvalue weighted by molar-refractivity contribution is 5.56. The number of nitrogens with one attached hydrogen (secondary N) is 1. The number of anilines is 1. The second-order valence-corrected chi connectivity index (χ2v) is 3.74. The summed E-state index contributed by atoms with van der Waals surface area (Å²) in [5, 5.41) is 20.8. The van der Waals surface area contributed by atoms with Gasteiger partial charge in [0.1, 0.15) is 13.1 Å². The summed E-state index contributed by atoms with van der Waals surface area (Å²) < 4.78 is 0. The Bertz CT molecular complexity index is 425. The van der Waals surface area contributed by atoms with Crippen LogP contribution in [-0.4, -0.2) is 20.1 Å². The van der Waals surface area contributed by atoms with Gasteiger partial charge in [0.05, 0.1) is 12.1 Å². The summed E-state index contributed by atoms with van der Waals surface area (Å²) in [4.78, 5) is 1.78. The SMILES string of the molecule is CNC(C)c1ccccc1N(CC#N)CC#N. The third kappa shape index (κ3) is 3.21. The van der Waals surface area contributed by atoms with Gasteiger partial charge >= 0.3 is 0 Å². The molecule has 4 heteroatoms. The van der Waals surface area contributed by atoms with Crippen LogP contribution in [0.1, 0.15) is 18.5 Å². The van der Waals surface area contributed by atoms with Crippen molar-refractivity contribution in [3.8, 4) is 12.1 Å². The van der Waals surface area contributed by atoms with E-state index in [1.54, 1.807) is 4.90 Å². The lowest BCUT2D eigenvalue weighted by Gasteiger charge is -2.24. The van der Waals surface area contributed by atoms with Gasteiger partial charge in [-0.05, 0) is 25.6 Å². The highest BCUT2D eigenvalue weighted by Gasteiger charge is 2.13. The van der Waals surface area contributed by atoms with Gasteiger partial charge in [-0.1, -0.05) is 18.2 Å². The van der Waals surface area contributed by atoms with Gasteiger partial charge in [-0.15, -0.1) is 0 Å². The molecule has 1 atom stereocenters. The fourth-order valence-electron chi connectivity index (χ4n) is 1.69. The van der Waals surface area contributed by atoms with Crippen molar-refractivity contribution in [2.24, 2.45) is 0 Å². The van der Waals surface area contributed by atoms with E-state index in [0.717, 1.165) is 11.3 Å². The molecule has 0 saturated heterocycles. The molecule has 1 rings (SSSR count). The van der Waals surface area contributed by atoms with Gasteiger partial charge in [0.15, 0.2) is 0 Å². The zero-order valence-corrected chi connectivity index (χ0v) is 10.1. The van der Waals surface area contributed by atoms with Crippen molar-refractivity contribution in [3.05, 3.63) is 29.8 Å². The van der Waals surface area contributed by atoms with Crippen molar-refractivity contribution in [3.63, 3.8) is 0 Å². The number of nitrogens with zero attached hydrogens (tertiary/aromatic N) is 3. The zero-order chi connectivity index (χ0) is 12.7. The Labute approximate surface area is 102 Å². The summed E-state index contributed by atoms with van der Waals surface area (Å²) in [5.41, 5.74) is 2.04. The lowest BCUT2D eigenvalue weighted by atomic mass is 10.1. The molecule has 0 saturated carbocycles. The monoisotopic (exact) mass is 228 g/mol. The number of benzene rings is 1. The van der Waals surface area contributed by atoms with Crippen molar-refractivity contribution in [2.75, 3.05) is 25.0 Å². The molecular formula is C13H16N4. The van der Waals surface area contributed by atoms with Crippen LogP contribution in [0.4, 0.5) is 5.69 Å². The van der Waals surface area contributed by atoms with Crippen LogP contribution in [0.15, 0.2) is 24.3 Å². The Morgan fingerprint density at radius 2 is 1.82 bits per heavy atom. The van der Waals surface area contributed by atoms with Crippen LogP contribution in [0.2, 0.25) is 0 Å². The van der Waals surface area contributed by atoms with E-state index in [1.807, 2.05) is 31.3 Å². The van der Waals surface area contributed by atoms with Crippen LogP contribution in [0.25, 0.3) is 0 Å². The fourth-order valence-corrected chi connectivity index (χ4v) is 1.69. The van der Waals surface area contributed by atoms with E-state index in [4.69, 9.17) is 10.5 Å². The predicted molar refractivity (Wildman–Crippen MR) is 67.4 cm³/mol. The Hall–Kier alpha value is -2.04. The van der Waals surface area contributed by atoms with E-state index in [9.17, 15) is 0 Å². The Morgan fingerprint density at radius 3 is 2.35 bits per heavy atom. The molecule has 1 aromatic carbocycles. The highest BCUT2D eigenvalue weighted by Crippen LogP contribution is 2.25. The molecule has 0 bridgehead atoms. The highest BCUT2D eigenvalue weighted by atomic mass is 15.1. The number of nitriles is 2. The maximum atomic E-state index is 8.79. The van der Waals surface area contributed by atoms with Crippen LogP contribution >= 0.6 is 0 Å². The first-order chi connectivity index (χ1) is 8.24. The predicted octanol–water partition coefficient (Wildman–Crippen LogP) is 1.82. The smallest absolute Gasteiger partial charge is 0.106 e. The molecule has 4 nitrogen and oxygen atoms in total. The zero-order valence-electron chi connectivity index (χ0n) is 10.1. The summed E-state index contributed by atoms with van der Waals surface area (Å²) >= 11 is 0. The van der Waals surface area contributed by atoms with Crippen molar-refractivity contribution >= 4 is 5.69 Å². The second kappa shape index (κ2) is 6.52. The molecule has 0 spiro atoms. The molecule has 0 radical (unpaired) electrons. The Morgan fingerprint density at radius 1 is 1.24 bits per heavy atom. The molecule has 1 unspecified atom stereocenters. The van der Waals surface area contributed by atoms with Gasteiger partial charge in [0.2, 0.25) is 0 Å². The Kier molecular flexibility index (Phi) is 5.00. The number of rotatable bonds is 5. The van der Waals surface area contributed by atoms with Gasteiger partial charge in [-0.2, -0.15) is 10.5 Å². The van der Waals surface area contributed by atoms with Crippen molar-refractivity contribution in [1.29, 1.82) is 10.5 Å². The van der Waals surface area contributed by atoms with Crippen LogP contribution in [0.3, 0.4) is 0 Å². The standard InChI is InChI=1S/C13H16N4/c1-11(16-2)12-5-3-4-6-13(12)17(9-7-14)10-8-15/h3-6,11,16H,9-10H2,1-2H3. The summed E-state index contributed by atoms with van der Waals surface area (Å²) in [6.07, 6.45) is 0. The average molecular weight is 228 g/mol. The molecule has 17 heavy (non-hydrogen) atoms. The van der Waals surface area contributed by atoms with Crippen LogP contribution in [0, 0.1) is 22.7 Å². The van der Waals surface area contributed by atoms with E-state index in [-0.39, 0.29) is 19.1 Å². The van der Waals surface area contributed by atoms with E-state index in [2.05, 4.69) is 24.4 Å². The lowest BCUT2D eigenvalue weighted by molar-refractivity contribution is 0.650. The quantitative estimate of drug-likeness (QED) is 0.781. The van der Waals surface area contributed by atoms with Crippen LogP contribution in [-0.2, 0) is 0 Å². The largest absolute Gasteiger partial charge is 0.345 e. The van der Waals surface area contributed by atoms with Crippen LogP contribution < -0.4 is 10.2 Å². The summed E-state index contributed by atoms with van der Waals surface area (Å²) in [5.74, 6) is 0. The van der Waals surface area contributed by atoms with E-state index >= 15 is 0 Å². The topological polar surface area (TPSA) is 62.9 Å². The third-order valence-electron chi connectivity index (χ3n) is 2.70. The first kappa shape index (κ1) is 13.0. The molecule has 0 fully saturated rings. The van der Waals surface area contributed by atoms with Gasteiger partial charge < -0.3 is 10.2 Å². The van der Waals surface area contributed by atoms with Crippen molar-refractivity contribution in [2.45, 2.75) is 13.0 Å². The molecule has 0 aliphatic rings. The second-order valence-electron chi connectivity index (χ2n) is 3.74. The number of hydrogen-bond donors (Lipinski definition) is 1. The maximum Gasteiger partial charge on any atom is 0.106 e. The van der Waals surface area contributed by atoms with Crippen molar-refractivity contribution < 1.29 is 0 Å². The van der Waals surface area contributed by atoms with Gasteiger partial charge in [-0.3, -0.25) is 0 Å². The minimum Gasteiger partial charge on any atom is -0.345 e. The molecule has 88 valence electrons. The van der Waals surface area contributed by atoms with Gasteiger partial charge in [-0.25, -0.2) is 0 Å². The number of para-hydroxylation sites is 1. The first-order valence-corrected chi connectivity index (χ1v) is 5.49. The Balaban J connectivity index is 3.10. The molecular weight excluding hydrogens is 212 g/mol. The van der Waals surface area contributed by atoms with E-state index < -0.39 is 0 Å². The summed E-state index contributed by atoms with van der Waals surface area (Å²) in [7, 11) is 1.89. The molecule has 0 aliphatic carbocycles. The van der Waals surface area contributed by atoms with Gasteiger partial charge in [0, 0.05) is 11.7 Å². The minimum atomic E-state index is 0.186. The fraction of sp³-hybridized carbons (Fsp3) is 0.385. The molecule has 1 N–H and O–H groups in total. The molecule has 1 aromatic rings. The molecule has 0 aliphatic heterocycles. The first-order valence-electron chi connectivity index (χ1n) is 5.49. The average Bonchev–Trinajstić information content (AvgIpc) is 2.37. The summed E-state index contributed by atoms with van der Waals surface area (Å²) in [6, 6.07) is 12.2. The van der Waals surface area contributed by atoms with Gasteiger partial charge in [0.25, 0.3) is 0 Å². The summed E-state index contributed by atoms with van der Waals surface area (Å²) in [6.45, 7) is 2.50. The van der Waals surface area contributed by atoms with E-state index in [0.29, 0.717) is 0 Å².